The van der Waals surface area contributed by atoms with Gasteiger partial charge in [-0.15, -0.1) is 0 Å². The Balaban J connectivity index is 1.41. The molecule has 30 heavy (non-hydrogen) atoms. The third-order valence-electron chi connectivity index (χ3n) is 5.84. The van der Waals surface area contributed by atoms with Crippen molar-refractivity contribution >= 4 is 17.5 Å². The quantitative estimate of drug-likeness (QED) is 0.586. The Morgan fingerprint density at radius 2 is 1.63 bits per heavy atom. The topological polar surface area (TPSA) is 58.3 Å². The van der Waals surface area contributed by atoms with Gasteiger partial charge in [-0.25, -0.2) is 4.39 Å². The van der Waals surface area contributed by atoms with Crippen LogP contribution in [0.5, 0.6) is 0 Å². The van der Waals surface area contributed by atoms with E-state index < -0.39 is 0 Å². The number of benzene rings is 2. The third kappa shape index (κ3) is 6.11. The van der Waals surface area contributed by atoms with Crippen molar-refractivity contribution in [2.24, 2.45) is 0 Å². The lowest BCUT2D eigenvalue weighted by Crippen LogP contribution is -3.28. The van der Waals surface area contributed by atoms with E-state index in [1.807, 2.05) is 49.2 Å². The summed E-state index contributed by atoms with van der Waals surface area (Å²) < 4.78 is 13.2. The SMILES string of the molecule is C[C@@H](c1ccccc1)N(C)C(=O)C[NH+]1CC[NH+](CC(=O)Nc2cccc(F)c2)CC1. The van der Waals surface area contributed by atoms with Crippen LogP contribution in [0.1, 0.15) is 18.5 Å². The molecule has 0 aromatic heterocycles. The lowest BCUT2D eigenvalue weighted by atomic mass is 10.1. The Hall–Kier alpha value is -2.77. The summed E-state index contributed by atoms with van der Waals surface area (Å²) in [6.45, 7) is 6.22. The Bertz CT molecular complexity index is 853. The molecule has 1 heterocycles. The average Bonchev–Trinajstić information content (AvgIpc) is 2.74. The van der Waals surface area contributed by atoms with Crippen molar-refractivity contribution < 1.29 is 23.8 Å². The zero-order chi connectivity index (χ0) is 21.5. The largest absolute Gasteiger partial charge is 0.334 e. The lowest BCUT2D eigenvalue weighted by molar-refractivity contribution is -1.00. The van der Waals surface area contributed by atoms with E-state index in [1.165, 1.54) is 21.9 Å². The first-order valence-electron chi connectivity index (χ1n) is 10.5. The van der Waals surface area contributed by atoms with Gasteiger partial charge in [0.2, 0.25) is 0 Å². The number of hydrogen-bond donors (Lipinski definition) is 3. The fourth-order valence-corrected chi connectivity index (χ4v) is 3.82. The van der Waals surface area contributed by atoms with Crippen LogP contribution in [0.2, 0.25) is 0 Å². The van der Waals surface area contributed by atoms with Crippen LogP contribution >= 0.6 is 0 Å². The molecule has 0 aliphatic carbocycles. The highest BCUT2D eigenvalue weighted by atomic mass is 19.1. The van der Waals surface area contributed by atoms with Crippen molar-refractivity contribution in [3.05, 3.63) is 66.0 Å². The van der Waals surface area contributed by atoms with Gasteiger partial charge < -0.3 is 20.0 Å². The molecular weight excluding hydrogens is 383 g/mol. The molecule has 0 radical (unpaired) electrons. The molecule has 1 saturated heterocycles. The van der Waals surface area contributed by atoms with Crippen molar-refractivity contribution in [2.75, 3.05) is 51.6 Å². The van der Waals surface area contributed by atoms with Gasteiger partial charge in [-0.1, -0.05) is 36.4 Å². The number of likely N-dealkylation sites (N-methyl/N-ethyl adjacent to an activating group) is 1. The minimum absolute atomic E-state index is 0.0385. The van der Waals surface area contributed by atoms with Gasteiger partial charge in [-0.05, 0) is 30.7 Å². The molecule has 1 aliphatic heterocycles. The number of hydrogen-bond acceptors (Lipinski definition) is 2. The van der Waals surface area contributed by atoms with Gasteiger partial charge in [0.05, 0.1) is 6.04 Å². The number of anilines is 1. The van der Waals surface area contributed by atoms with Crippen LogP contribution in [0.4, 0.5) is 10.1 Å². The van der Waals surface area contributed by atoms with Crippen LogP contribution in [0, 0.1) is 5.82 Å². The van der Waals surface area contributed by atoms with E-state index in [0.717, 1.165) is 31.7 Å². The maximum Gasteiger partial charge on any atom is 0.279 e. The summed E-state index contributed by atoms with van der Waals surface area (Å²) in [7, 11) is 1.86. The van der Waals surface area contributed by atoms with Gasteiger partial charge in [0.1, 0.15) is 32.0 Å². The van der Waals surface area contributed by atoms with Gasteiger partial charge >= 0.3 is 0 Å². The van der Waals surface area contributed by atoms with Gasteiger partial charge in [0, 0.05) is 12.7 Å². The Morgan fingerprint density at radius 1 is 1.00 bits per heavy atom. The van der Waals surface area contributed by atoms with E-state index in [-0.39, 0.29) is 23.7 Å². The van der Waals surface area contributed by atoms with Crippen LogP contribution < -0.4 is 15.1 Å². The second kappa shape index (κ2) is 10.3. The van der Waals surface area contributed by atoms with Gasteiger partial charge in [0.15, 0.2) is 13.1 Å². The fourth-order valence-electron chi connectivity index (χ4n) is 3.82. The molecular formula is C23H31FN4O2+2. The number of rotatable bonds is 7. The summed E-state index contributed by atoms with van der Waals surface area (Å²) in [5.74, 6) is -0.353. The van der Waals surface area contributed by atoms with Crippen LogP contribution in [0.3, 0.4) is 0 Å². The standard InChI is InChI=1S/C23H29FN4O2/c1-18(19-7-4-3-5-8-19)26(2)23(30)17-28-13-11-27(12-14-28)16-22(29)25-21-10-6-9-20(24)15-21/h3-10,15,18H,11-14,16-17H2,1-2H3,(H,25,29)/p+2/t18-/m0/s1. The van der Waals surface area contributed by atoms with E-state index in [4.69, 9.17) is 0 Å². The summed E-state index contributed by atoms with van der Waals surface area (Å²) in [6, 6.07) is 16.0. The number of halogens is 1. The lowest BCUT2D eigenvalue weighted by Gasteiger charge is -2.31. The van der Waals surface area contributed by atoms with Crippen molar-refractivity contribution in [1.82, 2.24) is 4.90 Å². The summed E-state index contributed by atoms with van der Waals surface area (Å²) >= 11 is 0. The van der Waals surface area contributed by atoms with Gasteiger partial charge in [0.25, 0.3) is 11.8 Å². The Morgan fingerprint density at radius 3 is 2.27 bits per heavy atom. The molecule has 0 unspecified atom stereocenters. The van der Waals surface area contributed by atoms with E-state index in [9.17, 15) is 14.0 Å². The molecule has 160 valence electrons. The van der Waals surface area contributed by atoms with Crippen LogP contribution in [0.25, 0.3) is 0 Å². The molecule has 2 aromatic rings. The minimum Gasteiger partial charge on any atom is -0.334 e. The number of nitrogens with one attached hydrogen (secondary N) is 3. The number of carbonyl (C=O) groups is 2. The van der Waals surface area contributed by atoms with Crippen molar-refractivity contribution in [2.45, 2.75) is 13.0 Å². The molecule has 3 rings (SSSR count). The third-order valence-corrected chi connectivity index (χ3v) is 5.84. The van der Waals surface area contributed by atoms with E-state index in [0.29, 0.717) is 18.8 Å². The highest BCUT2D eigenvalue weighted by molar-refractivity contribution is 5.91. The smallest absolute Gasteiger partial charge is 0.279 e. The molecule has 1 atom stereocenters. The maximum atomic E-state index is 13.2. The first-order chi connectivity index (χ1) is 14.4. The molecule has 2 aromatic carbocycles. The monoisotopic (exact) mass is 414 g/mol. The Labute approximate surface area is 177 Å². The second-order valence-electron chi connectivity index (χ2n) is 8.00. The summed E-state index contributed by atoms with van der Waals surface area (Å²) in [5, 5.41) is 2.75. The number of carbonyl (C=O) groups excluding carboxylic acids is 2. The fraction of sp³-hybridized carbons (Fsp3) is 0.391. The second-order valence-corrected chi connectivity index (χ2v) is 8.00. The average molecular weight is 415 g/mol. The number of amides is 2. The molecule has 1 fully saturated rings. The van der Waals surface area contributed by atoms with E-state index in [2.05, 4.69) is 5.32 Å². The highest BCUT2D eigenvalue weighted by Gasteiger charge is 2.28. The number of quaternary nitrogens is 2. The molecule has 0 saturated carbocycles. The summed E-state index contributed by atoms with van der Waals surface area (Å²) in [6.07, 6.45) is 0. The van der Waals surface area contributed by atoms with Crippen molar-refractivity contribution in [1.29, 1.82) is 0 Å². The first-order valence-corrected chi connectivity index (χ1v) is 10.5. The molecule has 2 amide bonds. The molecule has 6 nitrogen and oxygen atoms in total. The van der Waals surface area contributed by atoms with Crippen LogP contribution in [0.15, 0.2) is 54.6 Å². The zero-order valence-corrected chi connectivity index (χ0v) is 17.7. The van der Waals surface area contributed by atoms with Crippen LogP contribution in [-0.2, 0) is 9.59 Å². The van der Waals surface area contributed by atoms with E-state index >= 15 is 0 Å². The Kier molecular flexibility index (Phi) is 7.54. The highest BCUT2D eigenvalue weighted by Crippen LogP contribution is 2.17. The molecule has 3 N–H and O–H groups in total. The van der Waals surface area contributed by atoms with Crippen molar-refractivity contribution in [3.8, 4) is 0 Å². The summed E-state index contributed by atoms with van der Waals surface area (Å²) in [5.41, 5.74) is 1.60. The van der Waals surface area contributed by atoms with E-state index in [1.54, 1.807) is 12.1 Å². The maximum absolute atomic E-state index is 13.2. The van der Waals surface area contributed by atoms with Crippen molar-refractivity contribution in [3.63, 3.8) is 0 Å². The molecule has 7 heteroatoms. The molecule has 0 bridgehead atoms. The zero-order valence-electron chi connectivity index (χ0n) is 17.7. The normalized spacial score (nSPS) is 19.7. The van der Waals surface area contributed by atoms with Crippen LogP contribution in [-0.4, -0.2) is 63.0 Å². The predicted octanol–water partition coefficient (Wildman–Crippen LogP) is -0.233. The van der Waals surface area contributed by atoms with Gasteiger partial charge in [-0.3, -0.25) is 9.59 Å². The number of nitrogens with zero attached hydrogens (tertiary/aromatic N) is 1. The molecule has 0 spiro atoms. The first kappa shape index (κ1) is 21.9. The van der Waals surface area contributed by atoms with Gasteiger partial charge in [-0.2, -0.15) is 0 Å². The molecule has 1 aliphatic rings. The minimum atomic E-state index is -0.367. The number of piperazine rings is 1. The summed E-state index contributed by atoms with van der Waals surface area (Å²) in [4.78, 5) is 29.2. The predicted molar refractivity (Wildman–Crippen MR) is 114 cm³/mol.